The maximum atomic E-state index is 10.8. The minimum Gasteiger partial charge on any atom is -0.449 e. The van der Waals surface area contributed by atoms with Crippen molar-refractivity contribution in [1.29, 1.82) is 0 Å². The average Bonchev–Trinajstić information content (AvgIpc) is 2.50. The number of allylic oxidation sites excluding steroid dienone is 3. The monoisotopic (exact) mass is 198 g/mol. The first-order valence-electron chi connectivity index (χ1n) is 4.14. The van der Waals surface area contributed by atoms with Crippen LogP contribution in [0, 0.1) is 0 Å². The number of ether oxygens (including phenoxy) is 2. The van der Waals surface area contributed by atoms with Gasteiger partial charge in [0.1, 0.15) is 5.76 Å². The standard InChI is InChI=1S/C9H10O5/c1-2-6-4-3-5-7(6)13-9(12)14-8(10)11/h3-4H,2,5H2,1H3,(H,10,11). The highest BCUT2D eigenvalue weighted by atomic mass is 16.8. The SMILES string of the molecule is CCC1=C(OC(=O)OC(=O)O)CC=C1. The molecule has 1 aliphatic rings. The largest absolute Gasteiger partial charge is 0.523 e. The molecule has 76 valence electrons. The predicted molar refractivity (Wildman–Crippen MR) is 46.7 cm³/mol. The zero-order chi connectivity index (χ0) is 10.6. The maximum absolute atomic E-state index is 10.8. The lowest BCUT2D eigenvalue weighted by atomic mass is 10.2. The van der Waals surface area contributed by atoms with Gasteiger partial charge in [-0.25, -0.2) is 9.59 Å². The summed E-state index contributed by atoms with van der Waals surface area (Å²) in [6, 6.07) is 0. The molecule has 0 saturated heterocycles. The zero-order valence-electron chi connectivity index (χ0n) is 7.65. The molecule has 0 fully saturated rings. The number of carbonyl (C=O) groups is 2. The third-order valence-corrected chi connectivity index (χ3v) is 1.74. The Kier molecular flexibility index (Phi) is 3.28. The molecule has 1 rings (SSSR count). The molecule has 1 N–H and O–H groups in total. The van der Waals surface area contributed by atoms with E-state index in [-0.39, 0.29) is 0 Å². The molecular weight excluding hydrogens is 188 g/mol. The van der Waals surface area contributed by atoms with Crippen LogP contribution >= 0.6 is 0 Å². The second-order valence-electron chi connectivity index (χ2n) is 2.63. The first-order chi connectivity index (χ1) is 6.63. The van der Waals surface area contributed by atoms with Crippen LogP contribution in [0.4, 0.5) is 9.59 Å². The van der Waals surface area contributed by atoms with E-state index in [0.717, 1.165) is 12.0 Å². The summed E-state index contributed by atoms with van der Waals surface area (Å²) in [6.07, 6.45) is 2.03. The summed E-state index contributed by atoms with van der Waals surface area (Å²) in [4.78, 5) is 20.8. The van der Waals surface area contributed by atoms with Crippen molar-refractivity contribution in [2.45, 2.75) is 19.8 Å². The van der Waals surface area contributed by atoms with E-state index in [0.29, 0.717) is 12.2 Å². The van der Waals surface area contributed by atoms with Crippen LogP contribution in [-0.4, -0.2) is 17.4 Å². The normalized spacial score (nSPS) is 14.4. The van der Waals surface area contributed by atoms with Crippen LogP contribution in [0.25, 0.3) is 0 Å². The third-order valence-electron chi connectivity index (χ3n) is 1.74. The first-order valence-corrected chi connectivity index (χ1v) is 4.14. The lowest BCUT2D eigenvalue weighted by molar-refractivity contribution is 0.0697. The van der Waals surface area contributed by atoms with E-state index in [1.54, 1.807) is 0 Å². The number of rotatable bonds is 2. The van der Waals surface area contributed by atoms with Gasteiger partial charge < -0.3 is 14.6 Å². The summed E-state index contributed by atoms with van der Waals surface area (Å²) >= 11 is 0. The van der Waals surface area contributed by atoms with Gasteiger partial charge in [-0.3, -0.25) is 0 Å². The Balaban J connectivity index is 2.53. The number of hydrogen-bond donors (Lipinski definition) is 1. The summed E-state index contributed by atoms with van der Waals surface area (Å²) in [5.41, 5.74) is 0.882. The smallest absolute Gasteiger partial charge is 0.449 e. The Morgan fingerprint density at radius 3 is 2.86 bits per heavy atom. The van der Waals surface area contributed by atoms with Gasteiger partial charge in [0.05, 0.1) is 0 Å². The quantitative estimate of drug-likeness (QED) is 0.544. The fourth-order valence-electron chi connectivity index (χ4n) is 1.15. The minimum absolute atomic E-state index is 0.457. The van der Waals surface area contributed by atoms with E-state index >= 15 is 0 Å². The van der Waals surface area contributed by atoms with E-state index in [1.807, 2.05) is 19.1 Å². The Hall–Kier alpha value is -1.78. The third kappa shape index (κ3) is 2.62. The summed E-state index contributed by atoms with van der Waals surface area (Å²) < 4.78 is 8.50. The summed E-state index contributed by atoms with van der Waals surface area (Å²) in [5.74, 6) is 0.457. The average molecular weight is 198 g/mol. The van der Waals surface area contributed by atoms with Crippen LogP contribution in [0.3, 0.4) is 0 Å². The highest BCUT2D eigenvalue weighted by Gasteiger charge is 2.16. The highest BCUT2D eigenvalue weighted by Crippen LogP contribution is 2.22. The molecule has 0 aromatic heterocycles. The van der Waals surface area contributed by atoms with Gasteiger partial charge in [-0.1, -0.05) is 19.1 Å². The topological polar surface area (TPSA) is 72.8 Å². The Morgan fingerprint density at radius 1 is 1.57 bits per heavy atom. The molecule has 0 heterocycles. The van der Waals surface area contributed by atoms with Crippen LogP contribution in [0.5, 0.6) is 0 Å². The highest BCUT2D eigenvalue weighted by molar-refractivity contribution is 5.76. The van der Waals surface area contributed by atoms with Crippen LogP contribution in [0.15, 0.2) is 23.5 Å². The minimum atomic E-state index is -1.67. The molecule has 0 aromatic carbocycles. The molecule has 0 spiro atoms. The second kappa shape index (κ2) is 4.45. The molecule has 0 radical (unpaired) electrons. The van der Waals surface area contributed by atoms with Gasteiger partial charge in [0.25, 0.3) is 0 Å². The van der Waals surface area contributed by atoms with Crippen LogP contribution in [0.1, 0.15) is 19.8 Å². The van der Waals surface area contributed by atoms with E-state index in [1.165, 1.54) is 0 Å². The summed E-state index contributed by atoms with van der Waals surface area (Å²) in [6.45, 7) is 1.91. The van der Waals surface area contributed by atoms with Gasteiger partial charge in [-0.05, 0) is 12.0 Å². The van der Waals surface area contributed by atoms with E-state index < -0.39 is 12.3 Å². The fraction of sp³-hybridized carbons (Fsp3) is 0.333. The fourth-order valence-corrected chi connectivity index (χ4v) is 1.15. The Bertz CT molecular complexity index is 313. The number of carbonyl (C=O) groups excluding carboxylic acids is 1. The van der Waals surface area contributed by atoms with Crippen molar-refractivity contribution in [3.05, 3.63) is 23.5 Å². The molecule has 0 aliphatic heterocycles. The summed E-state index contributed by atoms with van der Waals surface area (Å²) in [5, 5.41) is 8.13. The van der Waals surface area contributed by atoms with Crippen molar-refractivity contribution < 1.29 is 24.2 Å². The summed E-state index contributed by atoms with van der Waals surface area (Å²) in [7, 11) is 0. The first kappa shape index (κ1) is 10.3. The Morgan fingerprint density at radius 2 is 2.29 bits per heavy atom. The molecule has 0 aromatic rings. The number of carboxylic acid groups (broad SMARTS) is 1. The molecule has 5 heteroatoms. The zero-order valence-corrected chi connectivity index (χ0v) is 7.65. The molecule has 0 saturated carbocycles. The molecule has 1 aliphatic carbocycles. The molecule has 14 heavy (non-hydrogen) atoms. The van der Waals surface area contributed by atoms with Crippen LogP contribution in [-0.2, 0) is 9.47 Å². The lowest BCUT2D eigenvalue weighted by Crippen LogP contribution is -2.11. The molecule has 0 amide bonds. The van der Waals surface area contributed by atoms with Crippen molar-refractivity contribution in [3.63, 3.8) is 0 Å². The van der Waals surface area contributed by atoms with Gasteiger partial charge in [0, 0.05) is 6.42 Å². The van der Waals surface area contributed by atoms with Crippen molar-refractivity contribution in [2.75, 3.05) is 0 Å². The molecule has 5 nitrogen and oxygen atoms in total. The van der Waals surface area contributed by atoms with Crippen molar-refractivity contribution in [1.82, 2.24) is 0 Å². The van der Waals surface area contributed by atoms with Gasteiger partial charge >= 0.3 is 12.3 Å². The molecular formula is C9H10O5. The molecule has 0 atom stereocenters. The molecule has 0 unspecified atom stereocenters. The van der Waals surface area contributed by atoms with Gasteiger partial charge in [-0.15, -0.1) is 0 Å². The predicted octanol–water partition coefficient (Wildman–Crippen LogP) is 2.44. The van der Waals surface area contributed by atoms with Crippen LogP contribution in [0.2, 0.25) is 0 Å². The number of hydrogen-bond acceptors (Lipinski definition) is 4. The van der Waals surface area contributed by atoms with E-state index in [4.69, 9.17) is 9.84 Å². The Labute approximate surface area is 80.6 Å². The van der Waals surface area contributed by atoms with E-state index in [9.17, 15) is 9.59 Å². The van der Waals surface area contributed by atoms with Gasteiger partial charge in [0.15, 0.2) is 0 Å². The van der Waals surface area contributed by atoms with Crippen molar-refractivity contribution >= 4 is 12.3 Å². The lowest BCUT2D eigenvalue weighted by Gasteiger charge is -2.04. The van der Waals surface area contributed by atoms with Crippen molar-refractivity contribution in [2.24, 2.45) is 0 Å². The van der Waals surface area contributed by atoms with Crippen LogP contribution < -0.4 is 0 Å². The van der Waals surface area contributed by atoms with Crippen molar-refractivity contribution in [3.8, 4) is 0 Å². The van der Waals surface area contributed by atoms with Gasteiger partial charge in [-0.2, -0.15) is 0 Å². The molecule has 0 bridgehead atoms. The van der Waals surface area contributed by atoms with Gasteiger partial charge in [0.2, 0.25) is 0 Å². The maximum Gasteiger partial charge on any atom is 0.523 e. The second-order valence-corrected chi connectivity index (χ2v) is 2.63. The van der Waals surface area contributed by atoms with E-state index in [2.05, 4.69) is 4.74 Å².